The first-order chi connectivity index (χ1) is 8.88. The minimum atomic E-state index is -0.929. The molecule has 2 rings (SSSR count). The number of aliphatic carboxylic acids is 3. The van der Waals surface area contributed by atoms with Crippen molar-refractivity contribution in [1.82, 2.24) is 0 Å². The maximum Gasteiger partial charge on any atom is 0.303 e. The third kappa shape index (κ3) is 2.88. The number of fused-ring (bicyclic) bond motifs is 2. The Hall–Kier alpha value is -1.59. The number of carbonyl (C=O) groups is 3. The van der Waals surface area contributed by atoms with Gasteiger partial charge in [-0.3, -0.25) is 14.4 Å². The highest BCUT2D eigenvalue weighted by Gasteiger charge is 2.53. The molecular weight excluding hydrogens is 252 g/mol. The fourth-order valence-corrected chi connectivity index (χ4v) is 4.23. The highest BCUT2D eigenvalue weighted by Crippen LogP contribution is 2.58. The van der Waals surface area contributed by atoms with E-state index in [9.17, 15) is 14.4 Å². The fraction of sp³-hybridized carbons (Fsp3) is 0.769. The van der Waals surface area contributed by atoms with Crippen LogP contribution in [0.25, 0.3) is 0 Å². The minimum Gasteiger partial charge on any atom is -0.481 e. The first-order valence-electron chi connectivity index (χ1n) is 6.53. The predicted molar refractivity (Wildman–Crippen MR) is 63.4 cm³/mol. The van der Waals surface area contributed by atoms with E-state index in [0.717, 1.165) is 12.8 Å². The third-order valence-electron chi connectivity index (χ3n) is 4.75. The van der Waals surface area contributed by atoms with Crippen molar-refractivity contribution in [1.29, 1.82) is 0 Å². The van der Waals surface area contributed by atoms with Gasteiger partial charge < -0.3 is 15.3 Å². The average Bonchev–Trinajstić information content (AvgIpc) is 2.76. The summed E-state index contributed by atoms with van der Waals surface area (Å²) in [4.78, 5) is 32.6. The zero-order valence-electron chi connectivity index (χ0n) is 10.5. The summed E-state index contributed by atoms with van der Waals surface area (Å²) in [5, 5.41) is 26.8. The molecule has 3 N–H and O–H groups in total. The Morgan fingerprint density at radius 1 is 0.789 bits per heavy atom. The third-order valence-corrected chi connectivity index (χ3v) is 4.75. The van der Waals surface area contributed by atoms with Crippen LogP contribution in [0.5, 0.6) is 0 Å². The highest BCUT2D eigenvalue weighted by molar-refractivity contribution is 5.69. The van der Waals surface area contributed by atoms with Gasteiger partial charge in [0.05, 0.1) is 0 Å². The Balaban J connectivity index is 2.11. The molecule has 2 saturated carbocycles. The second kappa shape index (κ2) is 5.19. The summed E-state index contributed by atoms with van der Waals surface area (Å²) in [5.74, 6) is -2.74. The number of rotatable bonds is 6. The van der Waals surface area contributed by atoms with E-state index in [1.807, 2.05) is 0 Å². The van der Waals surface area contributed by atoms with E-state index in [1.165, 1.54) is 0 Å². The molecule has 19 heavy (non-hydrogen) atoms. The lowest BCUT2D eigenvalue weighted by Gasteiger charge is -2.34. The van der Waals surface area contributed by atoms with E-state index in [4.69, 9.17) is 15.3 Å². The van der Waals surface area contributed by atoms with Crippen LogP contribution in [0.2, 0.25) is 0 Å². The van der Waals surface area contributed by atoms with Gasteiger partial charge in [-0.1, -0.05) is 0 Å². The Labute approximate surface area is 110 Å². The van der Waals surface area contributed by atoms with Crippen LogP contribution >= 0.6 is 0 Å². The van der Waals surface area contributed by atoms with E-state index in [1.54, 1.807) is 0 Å². The second-order valence-corrected chi connectivity index (χ2v) is 5.78. The molecule has 0 radical (unpaired) electrons. The molecule has 0 aromatic heterocycles. The van der Waals surface area contributed by atoms with E-state index in [0.29, 0.717) is 0 Å². The van der Waals surface area contributed by atoms with Gasteiger partial charge >= 0.3 is 17.9 Å². The van der Waals surface area contributed by atoms with Crippen LogP contribution < -0.4 is 0 Å². The van der Waals surface area contributed by atoms with E-state index < -0.39 is 17.9 Å². The molecule has 0 aliphatic heterocycles. The molecular formula is C13H18O6. The molecule has 0 amide bonds. The van der Waals surface area contributed by atoms with Gasteiger partial charge in [0.25, 0.3) is 0 Å². The van der Waals surface area contributed by atoms with Crippen molar-refractivity contribution in [3.05, 3.63) is 0 Å². The maximum atomic E-state index is 10.9. The quantitative estimate of drug-likeness (QED) is 0.670. The second-order valence-electron chi connectivity index (χ2n) is 5.78. The Morgan fingerprint density at radius 3 is 1.84 bits per heavy atom. The fourth-order valence-electron chi connectivity index (χ4n) is 4.23. The molecule has 5 unspecified atom stereocenters. The van der Waals surface area contributed by atoms with E-state index in [2.05, 4.69) is 0 Å². The summed E-state index contributed by atoms with van der Waals surface area (Å²) in [6.07, 6.45) is 1.53. The summed E-state index contributed by atoms with van der Waals surface area (Å²) in [7, 11) is 0. The SMILES string of the molecule is O=C(O)CC1CC2CC1C(CC(=O)O)C2CC(=O)O. The lowest BCUT2D eigenvalue weighted by atomic mass is 9.70. The van der Waals surface area contributed by atoms with Crippen molar-refractivity contribution < 1.29 is 29.7 Å². The zero-order chi connectivity index (χ0) is 14.2. The highest BCUT2D eigenvalue weighted by atomic mass is 16.4. The molecule has 2 aliphatic rings. The number of hydrogen-bond donors (Lipinski definition) is 3. The van der Waals surface area contributed by atoms with Crippen LogP contribution in [-0.4, -0.2) is 33.2 Å². The standard InChI is InChI=1S/C13H18O6/c14-11(15)3-7-1-6-2-8(7)10(5-13(18)19)9(6)4-12(16)17/h6-10H,1-5H2,(H,14,15)(H,16,17)(H,18,19). The number of carboxylic acids is 3. The largest absolute Gasteiger partial charge is 0.481 e. The summed E-state index contributed by atoms with van der Waals surface area (Å²) >= 11 is 0. The zero-order valence-corrected chi connectivity index (χ0v) is 10.5. The Morgan fingerprint density at radius 2 is 1.32 bits per heavy atom. The van der Waals surface area contributed by atoms with Crippen LogP contribution in [0, 0.1) is 29.6 Å². The van der Waals surface area contributed by atoms with Gasteiger partial charge in [-0.05, 0) is 42.4 Å². The Kier molecular flexibility index (Phi) is 3.78. The van der Waals surface area contributed by atoms with Crippen LogP contribution in [0.15, 0.2) is 0 Å². The Bertz CT molecular complexity index is 404. The van der Waals surface area contributed by atoms with Crippen LogP contribution in [0.3, 0.4) is 0 Å². The molecule has 0 spiro atoms. The van der Waals surface area contributed by atoms with E-state index >= 15 is 0 Å². The molecule has 0 aromatic carbocycles. The number of carboxylic acid groups (broad SMARTS) is 3. The molecule has 106 valence electrons. The van der Waals surface area contributed by atoms with Crippen molar-refractivity contribution >= 4 is 17.9 Å². The summed E-state index contributed by atoms with van der Waals surface area (Å²) in [6.45, 7) is 0. The predicted octanol–water partition coefficient (Wildman–Crippen LogP) is 1.30. The molecule has 0 aromatic rings. The monoisotopic (exact) mass is 270 g/mol. The lowest BCUT2D eigenvalue weighted by Crippen LogP contribution is -2.32. The molecule has 0 heterocycles. The van der Waals surface area contributed by atoms with Gasteiger partial charge in [0.1, 0.15) is 0 Å². The average molecular weight is 270 g/mol. The van der Waals surface area contributed by atoms with Crippen LogP contribution in [0.4, 0.5) is 0 Å². The van der Waals surface area contributed by atoms with Gasteiger partial charge in [-0.2, -0.15) is 0 Å². The molecule has 5 atom stereocenters. The maximum absolute atomic E-state index is 10.9. The van der Waals surface area contributed by atoms with Crippen molar-refractivity contribution in [3.63, 3.8) is 0 Å². The van der Waals surface area contributed by atoms with Crippen molar-refractivity contribution in [2.75, 3.05) is 0 Å². The van der Waals surface area contributed by atoms with Gasteiger partial charge in [0.15, 0.2) is 0 Å². The van der Waals surface area contributed by atoms with Crippen molar-refractivity contribution in [2.45, 2.75) is 32.1 Å². The molecule has 6 heteroatoms. The van der Waals surface area contributed by atoms with Gasteiger partial charge in [-0.15, -0.1) is 0 Å². The smallest absolute Gasteiger partial charge is 0.303 e. The molecule has 2 aliphatic carbocycles. The molecule has 0 saturated heterocycles. The molecule has 6 nitrogen and oxygen atoms in total. The van der Waals surface area contributed by atoms with Crippen LogP contribution in [0.1, 0.15) is 32.1 Å². The summed E-state index contributed by atoms with van der Waals surface area (Å²) in [6, 6.07) is 0. The van der Waals surface area contributed by atoms with Gasteiger partial charge in [-0.25, -0.2) is 0 Å². The van der Waals surface area contributed by atoms with Crippen molar-refractivity contribution in [3.8, 4) is 0 Å². The first kappa shape index (κ1) is 13.8. The topological polar surface area (TPSA) is 112 Å². The van der Waals surface area contributed by atoms with Gasteiger partial charge in [0.2, 0.25) is 0 Å². The number of hydrogen-bond acceptors (Lipinski definition) is 3. The lowest BCUT2D eigenvalue weighted by molar-refractivity contribution is -0.144. The van der Waals surface area contributed by atoms with Gasteiger partial charge in [0, 0.05) is 19.3 Å². The van der Waals surface area contributed by atoms with Crippen molar-refractivity contribution in [2.24, 2.45) is 29.6 Å². The first-order valence-corrected chi connectivity index (χ1v) is 6.53. The summed E-state index contributed by atoms with van der Waals surface area (Å²) in [5.41, 5.74) is 0. The van der Waals surface area contributed by atoms with Crippen LogP contribution in [-0.2, 0) is 14.4 Å². The van der Waals surface area contributed by atoms with E-state index in [-0.39, 0.29) is 48.9 Å². The normalized spacial score (nSPS) is 36.3. The summed E-state index contributed by atoms with van der Waals surface area (Å²) < 4.78 is 0. The molecule has 2 fully saturated rings. The minimum absolute atomic E-state index is 0.00109. The molecule has 2 bridgehead atoms.